The fourth-order valence-corrected chi connectivity index (χ4v) is 2.29. The molecule has 0 atom stereocenters. The van der Waals surface area contributed by atoms with Gasteiger partial charge in [0.05, 0.1) is 5.56 Å². The number of alkyl halides is 3. The Balaban J connectivity index is 2.29. The normalized spacial score (nSPS) is 12.4. The van der Waals surface area contributed by atoms with E-state index >= 15 is 0 Å². The highest BCUT2D eigenvalue weighted by Crippen LogP contribution is 2.34. The van der Waals surface area contributed by atoms with Crippen LogP contribution in [0.15, 0.2) is 40.9 Å². The molecule has 0 aliphatic rings. The lowest BCUT2D eigenvalue weighted by atomic mass is 10.1. The molecule has 4 nitrogen and oxygen atoms in total. The molecule has 1 aromatic carbocycles. The molecule has 112 valence electrons. The van der Waals surface area contributed by atoms with E-state index in [-0.39, 0.29) is 12.4 Å². The fraction of sp³-hybridized carbons (Fsp3) is 0.154. The topological polar surface area (TPSA) is 67.8 Å². The first-order chi connectivity index (χ1) is 9.91. The number of hydrogen-bond donors (Lipinski definition) is 2. The highest BCUT2D eigenvalue weighted by molar-refractivity contribution is 7.09. The maximum absolute atomic E-state index is 12.9. The second kappa shape index (κ2) is 6.04. The average Bonchev–Trinajstić information content (AvgIpc) is 2.96. The van der Waals surface area contributed by atoms with Gasteiger partial charge in [-0.15, -0.1) is 11.3 Å². The molecule has 0 aliphatic heterocycles. The fourth-order valence-electron chi connectivity index (χ4n) is 1.68. The Morgan fingerprint density at radius 1 is 1.33 bits per heavy atom. The number of halogens is 3. The Hall–Kier alpha value is -2.22. The van der Waals surface area contributed by atoms with E-state index in [9.17, 15) is 13.2 Å². The Kier molecular flexibility index (Phi) is 4.37. The number of nitrogens with zero attached hydrogens (tertiary/aromatic N) is 1. The lowest BCUT2D eigenvalue weighted by Crippen LogP contribution is -2.20. The second-order valence-electron chi connectivity index (χ2n) is 4.06. The van der Waals surface area contributed by atoms with Crippen molar-refractivity contribution in [3.8, 4) is 5.75 Å². The minimum Gasteiger partial charge on any atom is -0.488 e. The molecular formula is C13H11F3N2O2S. The molecule has 8 heteroatoms. The number of rotatable bonds is 4. The molecule has 0 unspecified atom stereocenters. The maximum atomic E-state index is 12.9. The van der Waals surface area contributed by atoms with Crippen molar-refractivity contribution in [1.29, 1.82) is 0 Å². The van der Waals surface area contributed by atoms with Crippen molar-refractivity contribution in [3.05, 3.63) is 51.7 Å². The van der Waals surface area contributed by atoms with E-state index in [1.165, 1.54) is 17.4 Å². The third-order valence-corrected chi connectivity index (χ3v) is 3.49. The molecule has 0 saturated heterocycles. The standard InChI is InChI=1S/C13H11F3N2O2S/c14-13(15,16)11-4-3-8(6-10(11)12(17)18-19)20-7-9-2-1-5-21-9/h1-6,19H,7H2,(H2,17,18). The van der Waals surface area contributed by atoms with Crippen molar-refractivity contribution in [2.75, 3.05) is 0 Å². The zero-order valence-electron chi connectivity index (χ0n) is 10.6. The Bertz CT molecular complexity index is 639. The molecule has 0 bridgehead atoms. The number of nitrogens with two attached hydrogens (primary N) is 1. The molecule has 0 fully saturated rings. The number of benzene rings is 1. The highest BCUT2D eigenvalue weighted by atomic mass is 32.1. The third-order valence-electron chi connectivity index (χ3n) is 2.64. The Labute approximate surface area is 122 Å². The lowest BCUT2D eigenvalue weighted by molar-refractivity contribution is -0.137. The molecule has 0 spiro atoms. The van der Waals surface area contributed by atoms with Crippen LogP contribution in [-0.2, 0) is 12.8 Å². The molecule has 2 rings (SSSR count). The quantitative estimate of drug-likeness (QED) is 0.393. The van der Waals surface area contributed by atoms with Crippen molar-refractivity contribution in [1.82, 2.24) is 0 Å². The lowest BCUT2D eigenvalue weighted by Gasteiger charge is -2.13. The van der Waals surface area contributed by atoms with Gasteiger partial charge in [0.15, 0.2) is 5.84 Å². The number of amidine groups is 1. The molecule has 0 aliphatic carbocycles. The summed E-state index contributed by atoms with van der Waals surface area (Å²) in [7, 11) is 0. The van der Waals surface area contributed by atoms with Crippen molar-refractivity contribution >= 4 is 17.2 Å². The number of ether oxygens (including phenoxy) is 1. The van der Waals surface area contributed by atoms with Gasteiger partial charge in [-0.1, -0.05) is 11.2 Å². The van der Waals surface area contributed by atoms with Gasteiger partial charge in [-0.2, -0.15) is 13.2 Å². The van der Waals surface area contributed by atoms with Crippen LogP contribution in [0.4, 0.5) is 13.2 Å². The van der Waals surface area contributed by atoms with Crippen molar-refractivity contribution < 1.29 is 23.1 Å². The third kappa shape index (κ3) is 3.66. The summed E-state index contributed by atoms with van der Waals surface area (Å²) in [6.07, 6.45) is -4.60. The van der Waals surface area contributed by atoms with Gasteiger partial charge in [0.2, 0.25) is 0 Å². The van der Waals surface area contributed by atoms with Crippen LogP contribution in [0.3, 0.4) is 0 Å². The zero-order valence-corrected chi connectivity index (χ0v) is 11.4. The summed E-state index contributed by atoms with van der Waals surface area (Å²) < 4.78 is 44.0. The summed E-state index contributed by atoms with van der Waals surface area (Å²) in [6, 6.07) is 6.84. The highest BCUT2D eigenvalue weighted by Gasteiger charge is 2.34. The average molecular weight is 316 g/mol. The van der Waals surface area contributed by atoms with Crippen LogP contribution < -0.4 is 10.5 Å². The van der Waals surface area contributed by atoms with Gasteiger partial charge in [0.1, 0.15) is 12.4 Å². The number of hydrogen-bond acceptors (Lipinski definition) is 4. The van der Waals surface area contributed by atoms with Gasteiger partial charge in [-0.25, -0.2) is 0 Å². The minimum atomic E-state index is -4.60. The van der Waals surface area contributed by atoms with Gasteiger partial charge in [-0.05, 0) is 29.6 Å². The largest absolute Gasteiger partial charge is 0.488 e. The monoisotopic (exact) mass is 316 g/mol. The predicted molar refractivity (Wildman–Crippen MR) is 72.6 cm³/mol. The van der Waals surface area contributed by atoms with Crippen LogP contribution in [0.5, 0.6) is 5.75 Å². The molecule has 0 radical (unpaired) electrons. The van der Waals surface area contributed by atoms with Crippen LogP contribution in [0.2, 0.25) is 0 Å². The summed E-state index contributed by atoms with van der Waals surface area (Å²) in [5, 5.41) is 13.1. The van der Waals surface area contributed by atoms with Crippen LogP contribution in [0.1, 0.15) is 16.0 Å². The van der Waals surface area contributed by atoms with E-state index < -0.39 is 23.1 Å². The maximum Gasteiger partial charge on any atom is 0.417 e. The van der Waals surface area contributed by atoms with Gasteiger partial charge < -0.3 is 15.7 Å². The van der Waals surface area contributed by atoms with E-state index in [0.29, 0.717) is 0 Å². The molecule has 0 saturated carbocycles. The Morgan fingerprint density at radius 2 is 2.10 bits per heavy atom. The number of thiophene rings is 1. The van der Waals surface area contributed by atoms with Crippen molar-refractivity contribution in [2.45, 2.75) is 12.8 Å². The van der Waals surface area contributed by atoms with Crippen LogP contribution >= 0.6 is 11.3 Å². The molecule has 3 N–H and O–H groups in total. The molecule has 0 amide bonds. The second-order valence-corrected chi connectivity index (χ2v) is 5.09. The van der Waals surface area contributed by atoms with E-state index in [2.05, 4.69) is 5.16 Å². The van der Waals surface area contributed by atoms with Gasteiger partial charge in [0.25, 0.3) is 0 Å². The SMILES string of the molecule is N/C(=N/O)c1cc(OCc2cccs2)ccc1C(F)(F)F. The van der Waals surface area contributed by atoms with Crippen molar-refractivity contribution in [2.24, 2.45) is 10.9 Å². The molecule has 1 aromatic heterocycles. The summed E-state index contributed by atoms with van der Waals surface area (Å²) in [4.78, 5) is 0.931. The zero-order chi connectivity index (χ0) is 15.5. The van der Waals surface area contributed by atoms with E-state index in [0.717, 1.165) is 17.0 Å². The first kappa shape index (κ1) is 15.2. The number of oxime groups is 1. The molecular weight excluding hydrogens is 305 g/mol. The summed E-state index contributed by atoms with van der Waals surface area (Å²) in [6.45, 7) is 0.235. The summed E-state index contributed by atoms with van der Waals surface area (Å²) >= 11 is 1.47. The molecule has 21 heavy (non-hydrogen) atoms. The first-order valence-corrected chi connectivity index (χ1v) is 6.64. The Morgan fingerprint density at radius 3 is 2.67 bits per heavy atom. The first-order valence-electron chi connectivity index (χ1n) is 5.76. The summed E-state index contributed by atoms with van der Waals surface area (Å²) in [5.74, 6) is -0.415. The van der Waals surface area contributed by atoms with Gasteiger partial charge in [0, 0.05) is 10.4 Å². The van der Waals surface area contributed by atoms with Crippen LogP contribution in [0, 0.1) is 0 Å². The van der Waals surface area contributed by atoms with E-state index in [1.54, 1.807) is 0 Å². The van der Waals surface area contributed by atoms with Crippen molar-refractivity contribution in [3.63, 3.8) is 0 Å². The summed E-state index contributed by atoms with van der Waals surface area (Å²) in [5.41, 5.74) is 3.89. The van der Waals surface area contributed by atoms with E-state index in [1.807, 2.05) is 17.5 Å². The van der Waals surface area contributed by atoms with E-state index in [4.69, 9.17) is 15.7 Å². The molecule has 2 aromatic rings. The van der Waals surface area contributed by atoms with Gasteiger partial charge >= 0.3 is 6.18 Å². The van der Waals surface area contributed by atoms with Crippen LogP contribution in [0.25, 0.3) is 0 Å². The van der Waals surface area contributed by atoms with Gasteiger partial charge in [-0.3, -0.25) is 0 Å². The molecule has 1 heterocycles. The smallest absolute Gasteiger partial charge is 0.417 e. The minimum absolute atomic E-state index is 0.206. The van der Waals surface area contributed by atoms with Crippen LogP contribution in [-0.4, -0.2) is 11.0 Å². The predicted octanol–water partition coefficient (Wildman–Crippen LogP) is 3.44.